The summed E-state index contributed by atoms with van der Waals surface area (Å²) < 4.78 is 0. The molecule has 4 nitrogen and oxygen atoms in total. The maximum atomic E-state index is 10.4. The molecule has 0 saturated carbocycles. The van der Waals surface area contributed by atoms with Crippen LogP contribution >= 0.6 is 0 Å². The fourth-order valence-electron chi connectivity index (χ4n) is 0.300. The third-order valence-electron chi connectivity index (χ3n) is 0.819. The Labute approximate surface area is 59.0 Å². The third kappa shape index (κ3) is 3.50. The number of nitrogens with one attached hydrogen (secondary N) is 2. The van der Waals surface area contributed by atoms with Gasteiger partial charge in [-0.25, -0.2) is 0 Å². The van der Waals surface area contributed by atoms with Crippen LogP contribution < -0.4 is 10.6 Å². The molecule has 0 bridgehead atoms. The zero-order valence-corrected chi connectivity index (χ0v) is 5.60. The van der Waals surface area contributed by atoms with Crippen LogP contribution in [-0.2, 0) is 9.59 Å². The van der Waals surface area contributed by atoms with Gasteiger partial charge in [0, 0.05) is 7.05 Å². The molecular weight excluding hydrogens is 132 g/mol. The highest BCUT2D eigenvalue weighted by atomic mass is 16.2. The molecule has 2 N–H and O–H groups in total. The van der Waals surface area contributed by atoms with E-state index >= 15 is 0 Å². The Hall–Kier alpha value is -1.50. The maximum Gasteiger partial charge on any atom is 0.296 e. The quantitative estimate of drug-likeness (QED) is 0.458. The van der Waals surface area contributed by atoms with Gasteiger partial charge in [0.25, 0.3) is 5.91 Å². The van der Waals surface area contributed by atoms with Crippen molar-refractivity contribution in [3.05, 3.63) is 0 Å². The molecule has 0 aromatic carbocycles. The molecule has 10 heavy (non-hydrogen) atoms. The lowest BCUT2D eigenvalue weighted by molar-refractivity contribution is -0.123. The number of amides is 2. The number of carbonyl (C=O) groups is 2. The molecule has 2 amide bonds. The summed E-state index contributed by atoms with van der Waals surface area (Å²) in [6, 6.07) is 0. The van der Waals surface area contributed by atoms with E-state index in [4.69, 9.17) is 6.42 Å². The second kappa shape index (κ2) is 4.39. The summed E-state index contributed by atoms with van der Waals surface area (Å²) in [6.45, 7) is -0.0699. The van der Waals surface area contributed by atoms with Gasteiger partial charge in [-0.1, -0.05) is 0 Å². The van der Waals surface area contributed by atoms with Crippen LogP contribution in [0.25, 0.3) is 0 Å². The second-order valence-corrected chi connectivity index (χ2v) is 1.50. The summed E-state index contributed by atoms with van der Waals surface area (Å²) in [6.07, 6.45) is 4.71. The highest BCUT2D eigenvalue weighted by molar-refractivity contribution is 5.95. The van der Waals surface area contributed by atoms with Gasteiger partial charge in [0.05, 0.1) is 6.54 Å². The molecule has 0 heterocycles. The zero-order chi connectivity index (χ0) is 7.98. The highest BCUT2D eigenvalue weighted by Crippen LogP contribution is 1.61. The molecule has 0 unspecified atom stereocenters. The SMILES string of the molecule is C#CC(=O)NCC(=O)NC. The lowest BCUT2D eigenvalue weighted by atomic mass is 10.5. The van der Waals surface area contributed by atoms with Crippen molar-refractivity contribution in [1.82, 2.24) is 10.6 Å². The Morgan fingerprint density at radius 3 is 2.60 bits per heavy atom. The molecule has 0 aromatic heterocycles. The largest absolute Gasteiger partial charge is 0.358 e. The van der Waals surface area contributed by atoms with Crippen LogP contribution in [-0.4, -0.2) is 25.4 Å². The van der Waals surface area contributed by atoms with Crippen LogP contribution in [0.15, 0.2) is 0 Å². The lowest BCUT2D eigenvalue weighted by Crippen LogP contribution is -2.34. The topological polar surface area (TPSA) is 58.2 Å². The normalized spacial score (nSPS) is 7.60. The minimum absolute atomic E-state index is 0.0699. The first-order valence-corrected chi connectivity index (χ1v) is 2.65. The summed E-state index contributed by atoms with van der Waals surface area (Å²) in [5.74, 6) is 0.960. The van der Waals surface area contributed by atoms with E-state index in [1.54, 1.807) is 0 Å². The molecule has 0 aliphatic carbocycles. The molecule has 0 aliphatic heterocycles. The van der Waals surface area contributed by atoms with Gasteiger partial charge in [-0.2, -0.15) is 0 Å². The van der Waals surface area contributed by atoms with Gasteiger partial charge in [-0.15, -0.1) is 6.42 Å². The average molecular weight is 140 g/mol. The van der Waals surface area contributed by atoms with Crippen LogP contribution in [0, 0.1) is 12.3 Å². The smallest absolute Gasteiger partial charge is 0.296 e. The molecule has 54 valence electrons. The Morgan fingerprint density at radius 1 is 1.60 bits per heavy atom. The van der Waals surface area contributed by atoms with Crippen LogP contribution in [0.3, 0.4) is 0 Å². The molecule has 0 aromatic rings. The van der Waals surface area contributed by atoms with Crippen molar-refractivity contribution < 1.29 is 9.59 Å². The van der Waals surface area contributed by atoms with Gasteiger partial charge in [-0.05, 0) is 5.92 Å². The maximum absolute atomic E-state index is 10.4. The Morgan fingerprint density at radius 2 is 2.20 bits per heavy atom. The van der Waals surface area contributed by atoms with Crippen LogP contribution in [0.5, 0.6) is 0 Å². The number of terminal acetylenes is 1. The summed E-state index contributed by atoms with van der Waals surface area (Å²) >= 11 is 0. The predicted molar refractivity (Wildman–Crippen MR) is 35.9 cm³/mol. The molecular formula is C6H8N2O2. The van der Waals surface area contributed by atoms with Crippen molar-refractivity contribution in [2.24, 2.45) is 0 Å². The molecule has 0 atom stereocenters. The van der Waals surface area contributed by atoms with Crippen molar-refractivity contribution >= 4 is 11.8 Å². The molecule has 4 heteroatoms. The molecule has 0 saturated heterocycles. The van der Waals surface area contributed by atoms with E-state index < -0.39 is 5.91 Å². The number of hydrogen-bond donors (Lipinski definition) is 2. The van der Waals surface area contributed by atoms with Gasteiger partial charge in [-0.3, -0.25) is 9.59 Å². The van der Waals surface area contributed by atoms with Crippen LogP contribution in [0.4, 0.5) is 0 Å². The summed E-state index contributed by atoms with van der Waals surface area (Å²) in [7, 11) is 1.48. The summed E-state index contributed by atoms with van der Waals surface area (Å²) in [4.78, 5) is 20.7. The Bertz CT molecular complexity index is 181. The number of likely N-dealkylation sites (N-methyl/N-ethyl adjacent to an activating group) is 1. The van der Waals surface area contributed by atoms with Crippen molar-refractivity contribution in [2.45, 2.75) is 0 Å². The van der Waals surface area contributed by atoms with Crippen LogP contribution in [0.1, 0.15) is 0 Å². The number of rotatable bonds is 2. The number of carbonyl (C=O) groups excluding carboxylic acids is 2. The van der Waals surface area contributed by atoms with Gasteiger partial charge in [0.15, 0.2) is 0 Å². The van der Waals surface area contributed by atoms with E-state index in [2.05, 4.69) is 10.6 Å². The Kier molecular flexibility index (Phi) is 3.73. The fraction of sp³-hybridized carbons (Fsp3) is 0.333. The van der Waals surface area contributed by atoms with E-state index in [9.17, 15) is 9.59 Å². The van der Waals surface area contributed by atoms with Crippen LogP contribution in [0.2, 0.25) is 0 Å². The van der Waals surface area contributed by atoms with E-state index in [0.717, 1.165) is 0 Å². The molecule has 0 rings (SSSR count). The van der Waals surface area contributed by atoms with Gasteiger partial charge in [0.1, 0.15) is 0 Å². The summed E-state index contributed by atoms with van der Waals surface area (Å²) in [5.41, 5.74) is 0. The standard InChI is InChI=1S/C6H8N2O2/c1-3-5(9)8-4-6(10)7-2/h1H,4H2,2H3,(H,7,10)(H,8,9). The van der Waals surface area contributed by atoms with E-state index in [1.165, 1.54) is 7.05 Å². The molecule has 0 fully saturated rings. The van der Waals surface area contributed by atoms with E-state index in [0.29, 0.717) is 0 Å². The fourth-order valence-corrected chi connectivity index (χ4v) is 0.300. The van der Waals surface area contributed by atoms with Crippen molar-refractivity contribution in [2.75, 3.05) is 13.6 Å². The van der Waals surface area contributed by atoms with Gasteiger partial charge < -0.3 is 10.6 Å². The zero-order valence-electron chi connectivity index (χ0n) is 5.60. The summed E-state index contributed by atoms with van der Waals surface area (Å²) in [5, 5.41) is 4.52. The van der Waals surface area contributed by atoms with Crippen molar-refractivity contribution in [3.8, 4) is 12.3 Å². The second-order valence-electron chi connectivity index (χ2n) is 1.50. The van der Waals surface area contributed by atoms with E-state index in [1.807, 2.05) is 5.92 Å². The van der Waals surface area contributed by atoms with E-state index in [-0.39, 0.29) is 12.5 Å². The molecule has 0 radical (unpaired) electrons. The molecule has 0 spiro atoms. The minimum Gasteiger partial charge on any atom is -0.358 e. The van der Waals surface area contributed by atoms with Gasteiger partial charge in [0.2, 0.25) is 5.91 Å². The lowest BCUT2D eigenvalue weighted by Gasteiger charge is -1.97. The first-order valence-electron chi connectivity index (χ1n) is 2.65. The van der Waals surface area contributed by atoms with Gasteiger partial charge >= 0.3 is 0 Å². The molecule has 0 aliphatic rings. The number of hydrogen-bond acceptors (Lipinski definition) is 2. The van der Waals surface area contributed by atoms with Crippen molar-refractivity contribution in [1.29, 1.82) is 0 Å². The highest BCUT2D eigenvalue weighted by Gasteiger charge is 1.98. The Balaban J connectivity index is 3.48. The predicted octanol–water partition coefficient (Wildman–Crippen LogP) is -1.52. The minimum atomic E-state index is -0.580. The first-order chi connectivity index (χ1) is 4.70. The third-order valence-corrected chi connectivity index (χ3v) is 0.819. The average Bonchev–Trinajstić information content (AvgIpc) is 1.99. The first kappa shape index (κ1) is 8.50. The monoisotopic (exact) mass is 140 g/mol. The van der Waals surface area contributed by atoms with Crippen molar-refractivity contribution in [3.63, 3.8) is 0 Å².